The molecule has 0 aliphatic rings. The average molecular weight is 491 g/mol. The molecular weight excluding hydrogens is 468 g/mol. The molecule has 0 fully saturated rings. The van der Waals surface area contributed by atoms with Crippen LogP contribution in [0.4, 0.5) is 16.2 Å². The Kier molecular flexibility index (Phi) is 7.17. The van der Waals surface area contributed by atoms with Gasteiger partial charge in [0, 0.05) is 5.56 Å². The smallest absolute Gasteiger partial charge is 0.419 e. The third kappa shape index (κ3) is 4.90. The Bertz CT molecular complexity index is 1380. The van der Waals surface area contributed by atoms with E-state index in [2.05, 4.69) is 5.16 Å². The van der Waals surface area contributed by atoms with Crippen molar-refractivity contribution in [3.05, 3.63) is 89.1 Å². The van der Waals surface area contributed by atoms with Gasteiger partial charge in [-0.3, -0.25) is 0 Å². The van der Waals surface area contributed by atoms with E-state index in [-0.39, 0.29) is 6.61 Å². The first kappa shape index (κ1) is 24.0. The highest BCUT2D eigenvalue weighted by molar-refractivity contribution is 6.34. The first-order valence-electron chi connectivity index (χ1n) is 10.9. The van der Waals surface area contributed by atoms with Crippen LogP contribution in [0.1, 0.15) is 23.0 Å². The molecule has 8 heteroatoms. The number of nitrogens with zero attached hydrogens (tertiary/aromatic N) is 2. The van der Waals surface area contributed by atoms with Crippen molar-refractivity contribution in [2.75, 3.05) is 18.6 Å². The number of halogens is 1. The van der Waals surface area contributed by atoms with Crippen LogP contribution in [0.25, 0.3) is 22.5 Å². The number of ether oxygens (including phenoxy) is 2. The molecule has 0 aliphatic carbocycles. The molecule has 1 heterocycles. The Morgan fingerprint density at radius 3 is 2.37 bits per heavy atom. The highest BCUT2D eigenvalue weighted by atomic mass is 35.5. The summed E-state index contributed by atoms with van der Waals surface area (Å²) in [4.78, 5) is 26.4. The Morgan fingerprint density at radius 2 is 1.66 bits per heavy atom. The lowest BCUT2D eigenvalue weighted by Crippen LogP contribution is -2.27. The fourth-order valence-corrected chi connectivity index (χ4v) is 3.95. The minimum absolute atomic E-state index is 0.186. The van der Waals surface area contributed by atoms with Crippen LogP contribution < -0.4 is 4.90 Å². The zero-order chi connectivity index (χ0) is 24.9. The molecule has 4 aromatic rings. The number of para-hydroxylation sites is 1. The number of aryl methyl sites for hydroxylation is 1. The van der Waals surface area contributed by atoms with E-state index in [9.17, 15) is 9.59 Å². The minimum Gasteiger partial charge on any atom is -0.465 e. The lowest BCUT2D eigenvalue weighted by Gasteiger charge is -2.23. The van der Waals surface area contributed by atoms with Crippen LogP contribution in [0, 0.1) is 6.92 Å². The Hall–Kier alpha value is -4.10. The van der Waals surface area contributed by atoms with Crippen LogP contribution in [0.15, 0.2) is 77.3 Å². The van der Waals surface area contributed by atoms with Gasteiger partial charge in [0.05, 0.1) is 30.0 Å². The number of aromatic nitrogens is 1. The topological polar surface area (TPSA) is 81.9 Å². The van der Waals surface area contributed by atoms with Crippen molar-refractivity contribution in [1.82, 2.24) is 5.16 Å². The molecule has 7 nitrogen and oxygen atoms in total. The molecule has 0 N–H and O–H groups in total. The summed E-state index contributed by atoms with van der Waals surface area (Å²) in [6, 6.07) is 21.7. The van der Waals surface area contributed by atoms with Gasteiger partial charge in [-0.05, 0) is 55.3 Å². The molecule has 0 atom stereocenters. The molecule has 3 aromatic carbocycles. The van der Waals surface area contributed by atoms with Gasteiger partial charge >= 0.3 is 12.1 Å². The predicted octanol–water partition coefficient (Wildman–Crippen LogP) is 7.05. The van der Waals surface area contributed by atoms with Gasteiger partial charge in [-0.2, -0.15) is 0 Å². The van der Waals surface area contributed by atoms with Crippen LogP contribution in [0.3, 0.4) is 0 Å². The van der Waals surface area contributed by atoms with E-state index in [1.54, 1.807) is 56.3 Å². The molecule has 4 rings (SSSR count). The molecule has 0 saturated carbocycles. The van der Waals surface area contributed by atoms with E-state index in [0.29, 0.717) is 39.0 Å². The highest BCUT2D eigenvalue weighted by Gasteiger charge is 2.30. The number of amides is 1. The maximum atomic E-state index is 13.1. The lowest BCUT2D eigenvalue weighted by molar-refractivity contribution is 0.0600. The molecule has 178 valence electrons. The van der Waals surface area contributed by atoms with Crippen molar-refractivity contribution in [1.29, 1.82) is 0 Å². The largest absolute Gasteiger partial charge is 0.465 e. The molecule has 1 aromatic heterocycles. The average Bonchev–Trinajstić information content (AvgIpc) is 3.26. The molecule has 0 spiro atoms. The molecule has 35 heavy (non-hydrogen) atoms. The van der Waals surface area contributed by atoms with Crippen LogP contribution in [0.2, 0.25) is 5.02 Å². The van der Waals surface area contributed by atoms with Gasteiger partial charge in [-0.1, -0.05) is 59.2 Å². The fourth-order valence-electron chi connectivity index (χ4n) is 3.73. The van der Waals surface area contributed by atoms with E-state index >= 15 is 0 Å². The van der Waals surface area contributed by atoms with Gasteiger partial charge in [0.15, 0.2) is 5.76 Å². The van der Waals surface area contributed by atoms with Crippen molar-refractivity contribution < 1.29 is 23.6 Å². The van der Waals surface area contributed by atoms with Crippen molar-refractivity contribution in [3.63, 3.8) is 0 Å². The Morgan fingerprint density at radius 1 is 0.971 bits per heavy atom. The number of methoxy groups -OCH3 is 1. The second kappa shape index (κ2) is 10.4. The monoisotopic (exact) mass is 490 g/mol. The van der Waals surface area contributed by atoms with Crippen molar-refractivity contribution in [2.45, 2.75) is 13.8 Å². The molecule has 0 aliphatic heterocycles. The summed E-state index contributed by atoms with van der Waals surface area (Å²) in [5.41, 5.74) is 4.15. The quantitative estimate of drug-likeness (QED) is 0.269. The molecule has 0 saturated heterocycles. The standard InChI is InChI=1S/C27H23ClN2O5/c1-4-34-27(32)30(23-14-6-5-13-22(23)28)24-17(2)29-35-25(24)20-11-7-9-18(15-20)19-10-8-12-21(16-19)26(31)33-3/h5-16H,4H2,1-3H3. The number of benzene rings is 3. The number of hydrogen-bond acceptors (Lipinski definition) is 6. The van der Waals surface area contributed by atoms with Gasteiger partial charge in [0.2, 0.25) is 0 Å². The number of hydrogen-bond donors (Lipinski definition) is 0. The summed E-state index contributed by atoms with van der Waals surface area (Å²) >= 11 is 6.45. The van der Waals surface area contributed by atoms with Gasteiger partial charge < -0.3 is 14.0 Å². The van der Waals surface area contributed by atoms with Crippen LogP contribution in [-0.2, 0) is 9.47 Å². The number of esters is 1. The van der Waals surface area contributed by atoms with Gasteiger partial charge in [-0.25, -0.2) is 14.5 Å². The third-order valence-electron chi connectivity index (χ3n) is 5.34. The molecule has 0 bridgehead atoms. The summed E-state index contributed by atoms with van der Waals surface area (Å²) in [6.07, 6.45) is -0.602. The summed E-state index contributed by atoms with van der Waals surface area (Å²) in [5.74, 6) is -0.0394. The molecule has 0 radical (unpaired) electrons. The third-order valence-corrected chi connectivity index (χ3v) is 5.66. The summed E-state index contributed by atoms with van der Waals surface area (Å²) in [5, 5.41) is 4.51. The number of carbonyl (C=O) groups is 2. The van der Waals surface area contributed by atoms with Crippen molar-refractivity contribution in [2.24, 2.45) is 0 Å². The molecular formula is C27H23ClN2O5. The SMILES string of the molecule is CCOC(=O)N(c1ccccc1Cl)c1c(C)noc1-c1cccc(-c2cccc(C(=O)OC)c2)c1. The lowest BCUT2D eigenvalue weighted by atomic mass is 9.99. The van der Waals surface area contributed by atoms with Crippen LogP contribution in [-0.4, -0.2) is 30.9 Å². The number of anilines is 2. The van der Waals surface area contributed by atoms with E-state index in [4.69, 9.17) is 25.6 Å². The Balaban J connectivity index is 1.83. The zero-order valence-corrected chi connectivity index (χ0v) is 20.2. The second-order valence-electron chi connectivity index (χ2n) is 7.58. The maximum absolute atomic E-state index is 13.1. The second-order valence-corrected chi connectivity index (χ2v) is 7.99. The van der Waals surface area contributed by atoms with Crippen LogP contribution in [0.5, 0.6) is 0 Å². The number of carbonyl (C=O) groups excluding carboxylic acids is 2. The van der Waals surface area contributed by atoms with E-state index in [1.165, 1.54) is 12.0 Å². The first-order chi connectivity index (χ1) is 16.9. The molecule has 0 unspecified atom stereocenters. The van der Waals surface area contributed by atoms with E-state index in [1.807, 2.05) is 30.3 Å². The van der Waals surface area contributed by atoms with E-state index < -0.39 is 12.1 Å². The summed E-state index contributed by atoms with van der Waals surface area (Å²) < 4.78 is 15.9. The van der Waals surface area contributed by atoms with Gasteiger partial charge in [0.1, 0.15) is 11.4 Å². The minimum atomic E-state index is -0.602. The predicted molar refractivity (Wildman–Crippen MR) is 134 cm³/mol. The van der Waals surface area contributed by atoms with Crippen molar-refractivity contribution >= 4 is 35.0 Å². The van der Waals surface area contributed by atoms with Crippen LogP contribution >= 0.6 is 11.6 Å². The highest BCUT2D eigenvalue weighted by Crippen LogP contribution is 2.41. The zero-order valence-electron chi connectivity index (χ0n) is 19.4. The van der Waals surface area contributed by atoms with E-state index in [0.717, 1.165) is 11.1 Å². The van der Waals surface area contributed by atoms with Crippen molar-refractivity contribution in [3.8, 4) is 22.5 Å². The summed E-state index contributed by atoms with van der Waals surface area (Å²) in [7, 11) is 1.34. The maximum Gasteiger partial charge on any atom is 0.419 e. The van der Waals surface area contributed by atoms with Gasteiger partial charge in [-0.15, -0.1) is 0 Å². The Labute approximate surface area is 207 Å². The molecule has 1 amide bonds. The number of rotatable bonds is 6. The fraction of sp³-hybridized carbons (Fsp3) is 0.148. The summed E-state index contributed by atoms with van der Waals surface area (Å²) in [6.45, 7) is 3.66. The van der Waals surface area contributed by atoms with Gasteiger partial charge in [0.25, 0.3) is 0 Å². The first-order valence-corrected chi connectivity index (χ1v) is 11.3. The normalized spacial score (nSPS) is 10.6.